The zero-order chi connectivity index (χ0) is 15.2. The molecule has 110 valence electrons. The van der Waals surface area contributed by atoms with Crippen LogP contribution in [-0.2, 0) is 0 Å². The van der Waals surface area contributed by atoms with Crippen LogP contribution in [0.25, 0.3) is 0 Å². The van der Waals surface area contributed by atoms with Crippen molar-refractivity contribution in [3.05, 3.63) is 64.7 Å². The zero-order valence-corrected chi connectivity index (χ0v) is 13.0. The third-order valence-electron chi connectivity index (χ3n) is 3.43. The van der Waals surface area contributed by atoms with Crippen molar-refractivity contribution in [2.75, 3.05) is 20.6 Å². The second-order valence-corrected chi connectivity index (χ2v) is 5.61. The fourth-order valence-corrected chi connectivity index (χ4v) is 2.47. The maximum absolute atomic E-state index is 9.73. The number of phenolic OH excluding ortho intramolecular Hbond substituents is 1. The van der Waals surface area contributed by atoms with Crippen molar-refractivity contribution in [2.24, 2.45) is 4.99 Å². The first-order valence-electron chi connectivity index (χ1n) is 6.92. The van der Waals surface area contributed by atoms with Gasteiger partial charge in [-0.2, -0.15) is 0 Å². The van der Waals surface area contributed by atoms with Gasteiger partial charge in [-0.05, 0) is 18.2 Å². The van der Waals surface area contributed by atoms with Gasteiger partial charge in [-0.1, -0.05) is 41.9 Å². The van der Waals surface area contributed by atoms with Crippen LogP contribution in [0.4, 0.5) is 0 Å². The van der Waals surface area contributed by atoms with Gasteiger partial charge in [0, 0.05) is 22.4 Å². The Morgan fingerprint density at radius 2 is 1.81 bits per heavy atom. The summed E-state index contributed by atoms with van der Waals surface area (Å²) in [6.07, 6.45) is 1.71. The van der Waals surface area contributed by atoms with Crippen molar-refractivity contribution < 1.29 is 10.0 Å². The summed E-state index contributed by atoms with van der Waals surface area (Å²) < 4.78 is 0. The number of likely N-dealkylation sites (N-methyl/N-ethyl adjacent to an activating group) is 1. The van der Waals surface area contributed by atoms with Gasteiger partial charge in [0.15, 0.2) is 0 Å². The third-order valence-corrected chi connectivity index (χ3v) is 3.78. The number of hydrogen-bond donors (Lipinski definition) is 2. The maximum Gasteiger partial charge on any atom is 0.134 e. The molecular weight excluding hydrogens is 284 g/mol. The monoisotopic (exact) mass is 303 g/mol. The molecule has 0 radical (unpaired) electrons. The normalized spacial score (nSPS) is 13.0. The number of benzene rings is 2. The molecular formula is C17H20ClN2O+. The number of quaternary nitrogens is 1. The van der Waals surface area contributed by atoms with E-state index in [2.05, 4.69) is 19.1 Å². The van der Waals surface area contributed by atoms with Gasteiger partial charge in [0.05, 0.1) is 20.6 Å². The molecule has 0 saturated heterocycles. The molecule has 0 spiro atoms. The molecule has 0 fully saturated rings. The minimum Gasteiger partial charge on any atom is -0.507 e. The highest BCUT2D eigenvalue weighted by atomic mass is 35.5. The van der Waals surface area contributed by atoms with E-state index < -0.39 is 0 Å². The lowest BCUT2D eigenvalue weighted by Gasteiger charge is -2.21. The van der Waals surface area contributed by atoms with Crippen molar-refractivity contribution in [3.63, 3.8) is 0 Å². The predicted octanol–water partition coefficient (Wildman–Crippen LogP) is 2.35. The largest absolute Gasteiger partial charge is 0.507 e. The van der Waals surface area contributed by atoms with Gasteiger partial charge in [-0.15, -0.1) is 0 Å². The summed E-state index contributed by atoms with van der Waals surface area (Å²) in [5.74, 6) is 0.243. The highest BCUT2D eigenvalue weighted by molar-refractivity contribution is 6.31. The Morgan fingerprint density at radius 3 is 2.48 bits per heavy atom. The average molecular weight is 304 g/mol. The Morgan fingerprint density at radius 1 is 1.14 bits per heavy atom. The summed E-state index contributed by atoms with van der Waals surface area (Å²) in [4.78, 5) is 5.74. The minimum absolute atomic E-state index is 0.181. The molecule has 0 aromatic heterocycles. The van der Waals surface area contributed by atoms with Gasteiger partial charge in [-0.3, -0.25) is 4.99 Å². The lowest BCUT2D eigenvalue weighted by Crippen LogP contribution is -3.06. The van der Waals surface area contributed by atoms with Crippen molar-refractivity contribution >= 4 is 17.8 Å². The van der Waals surface area contributed by atoms with Gasteiger partial charge in [-0.25, -0.2) is 0 Å². The Balaban J connectivity index is 2.15. The molecule has 21 heavy (non-hydrogen) atoms. The molecule has 0 heterocycles. The van der Waals surface area contributed by atoms with Gasteiger partial charge in [0.1, 0.15) is 11.8 Å². The van der Waals surface area contributed by atoms with Crippen LogP contribution >= 0.6 is 11.6 Å². The smallest absolute Gasteiger partial charge is 0.134 e. The highest BCUT2D eigenvalue weighted by Gasteiger charge is 2.19. The molecule has 0 amide bonds. The van der Waals surface area contributed by atoms with Gasteiger partial charge >= 0.3 is 0 Å². The van der Waals surface area contributed by atoms with Crippen molar-refractivity contribution in [2.45, 2.75) is 6.04 Å². The average Bonchev–Trinajstić information content (AvgIpc) is 2.46. The van der Waals surface area contributed by atoms with E-state index in [0.29, 0.717) is 6.54 Å². The van der Waals surface area contributed by atoms with E-state index in [4.69, 9.17) is 11.6 Å². The number of hydrogen-bond acceptors (Lipinski definition) is 2. The van der Waals surface area contributed by atoms with E-state index in [-0.39, 0.29) is 11.8 Å². The summed E-state index contributed by atoms with van der Waals surface area (Å²) >= 11 is 6.28. The topological polar surface area (TPSA) is 37.0 Å². The molecule has 1 atom stereocenters. The second-order valence-electron chi connectivity index (χ2n) is 5.20. The predicted molar refractivity (Wildman–Crippen MR) is 87.6 cm³/mol. The van der Waals surface area contributed by atoms with E-state index in [0.717, 1.165) is 16.1 Å². The van der Waals surface area contributed by atoms with Crippen LogP contribution in [0.3, 0.4) is 0 Å². The first-order valence-corrected chi connectivity index (χ1v) is 7.29. The molecule has 0 bridgehead atoms. The number of rotatable bonds is 5. The number of aromatic hydroxyl groups is 1. The number of nitrogens with one attached hydrogen (secondary N) is 1. The Kier molecular flexibility index (Phi) is 5.37. The second kappa shape index (κ2) is 7.25. The summed E-state index contributed by atoms with van der Waals surface area (Å²) in [6.45, 7) is 0.612. The Bertz CT molecular complexity index is 626. The van der Waals surface area contributed by atoms with Crippen LogP contribution < -0.4 is 4.90 Å². The maximum atomic E-state index is 9.73. The summed E-state index contributed by atoms with van der Waals surface area (Å²) in [7, 11) is 4.17. The van der Waals surface area contributed by atoms with Gasteiger partial charge < -0.3 is 10.0 Å². The number of nitrogens with zero attached hydrogens (tertiary/aromatic N) is 1. The molecule has 0 unspecified atom stereocenters. The Labute approximate surface area is 130 Å². The number of para-hydroxylation sites is 1. The molecule has 2 aromatic rings. The molecule has 2 aromatic carbocycles. The van der Waals surface area contributed by atoms with Crippen LogP contribution in [-0.4, -0.2) is 32.0 Å². The molecule has 3 nitrogen and oxygen atoms in total. The van der Waals surface area contributed by atoms with Crippen molar-refractivity contribution in [3.8, 4) is 5.75 Å². The van der Waals surface area contributed by atoms with Crippen LogP contribution in [0.5, 0.6) is 5.75 Å². The molecule has 4 heteroatoms. The van der Waals surface area contributed by atoms with Crippen molar-refractivity contribution in [1.29, 1.82) is 0 Å². The number of aliphatic imine (C=N–C) groups is 1. The first kappa shape index (κ1) is 15.5. The molecule has 2 rings (SSSR count). The van der Waals surface area contributed by atoms with Gasteiger partial charge in [0.25, 0.3) is 0 Å². The fraction of sp³-hybridized carbons (Fsp3) is 0.235. The van der Waals surface area contributed by atoms with E-state index in [1.54, 1.807) is 18.3 Å². The molecule has 0 aliphatic heterocycles. The summed E-state index contributed by atoms with van der Waals surface area (Å²) in [5, 5.41) is 10.5. The van der Waals surface area contributed by atoms with Crippen molar-refractivity contribution in [1.82, 2.24) is 0 Å². The van der Waals surface area contributed by atoms with Crippen LogP contribution in [0.2, 0.25) is 5.02 Å². The van der Waals surface area contributed by atoms with Gasteiger partial charge in [0.2, 0.25) is 0 Å². The first-order chi connectivity index (χ1) is 10.1. The lowest BCUT2D eigenvalue weighted by atomic mass is 10.1. The number of phenols is 1. The molecule has 0 aliphatic carbocycles. The van der Waals surface area contributed by atoms with Crippen LogP contribution in [0.15, 0.2) is 53.5 Å². The Hall–Kier alpha value is -1.84. The van der Waals surface area contributed by atoms with Crippen LogP contribution in [0.1, 0.15) is 17.2 Å². The van der Waals surface area contributed by atoms with Crippen LogP contribution in [0, 0.1) is 0 Å². The van der Waals surface area contributed by atoms with E-state index in [1.807, 2.05) is 36.4 Å². The SMILES string of the molecule is C[NH+](C)[C@@H](CN=Cc1ccccc1O)c1ccccc1Cl. The molecule has 0 aliphatic rings. The quantitative estimate of drug-likeness (QED) is 0.818. The standard InChI is InChI=1S/C17H19ClN2O/c1-20(2)16(14-8-4-5-9-15(14)18)12-19-11-13-7-3-6-10-17(13)21/h3-11,16,21H,12H2,1-2H3/p+1/t16-/m0/s1. The summed E-state index contributed by atoms with van der Waals surface area (Å²) in [5.41, 5.74) is 1.82. The molecule has 2 N–H and O–H groups in total. The highest BCUT2D eigenvalue weighted by Crippen LogP contribution is 2.21. The minimum atomic E-state index is 0.181. The van der Waals surface area contributed by atoms with E-state index in [9.17, 15) is 5.11 Å². The fourth-order valence-electron chi connectivity index (χ4n) is 2.20. The molecule has 0 saturated carbocycles. The summed E-state index contributed by atoms with van der Waals surface area (Å²) in [6, 6.07) is 15.2. The number of halogens is 1. The lowest BCUT2D eigenvalue weighted by molar-refractivity contribution is -0.890. The third kappa shape index (κ3) is 4.06. The van der Waals surface area contributed by atoms with E-state index in [1.165, 1.54) is 4.90 Å². The van der Waals surface area contributed by atoms with E-state index >= 15 is 0 Å². The zero-order valence-electron chi connectivity index (χ0n) is 12.3.